The van der Waals surface area contributed by atoms with Crippen LogP contribution in [0.2, 0.25) is 5.02 Å². The molecule has 0 spiro atoms. The molecule has 2 aromatic carbocycles. The Bertz CT molecular complexity index is 897. The molecular formula is C22H24ClNO5. The highest BCUT2D eigenvalue weighted by atomic mass is 35.5. The third kappa shape index (κ3) is 6.06. The van der Waals surface area contributed by atoms with Gasteiger partial charge in [-0.05, 0) is 43.7 Å². The maximum Gasteiger partial charge on any atom is 0.316 e. The van der Waals surface area contributed by atoms with Crippen LogP contribution in [0.1, 0.15) is 53.8 Å². The van der Waals surface area contributed by atoms with E-state index in [1.807, 2.05) is 6.92 Å². The first-order valence-corrected chi connectivity index (χ1v) is 9.85. The van der Waals surface area contributed by atoms with E-state index in [-0.39, 0.29) is 23.7 Å². The minimum absolute atomic E-state index is 0.0541. The van der Waals surface area contributed by atoms with Crippen LogP contribution in [0.4, 0.5) is 5.69 Å². The van der Waals surface area contributed by atoms with Gasteiger partial charge < -0.3 is 15.2 Å². The van der Waals surface area contributed by atoms with Crippen molar-refractivity contribution in [1.29, 1.82) is 0 Å². The van der Waals surface area contributed by atoms with Crippen molar-refractivity contribution in [2.45, 2.75) is 33.1 Å². The van der Waals surface area contributed by atoms with Crippen molar-refractivity contribution < 1.29 is 24.2 Å². The molecule has 0 saturated carbocycles. The second-order valence-corrected chi connectivity index (χ2v) is 6.94. The summed E-state index contributed by atoms with van der Waals surface area (Å²) in [5.74, 6) is -2.55. The van der Waals surface area contributed by atoms with Crippen LogP contribution >= 0.6 is 11.6 Å². The number of Topliss-reactive ketones (excluding diaryl/α,β-unsaturated/α-hetero) is 1. The second-order valence-electron chi connectivity index (χ2n) is 6.51. The monoisotopic (exact) mass is 417 g/mol. The van der Waals surface area contributed by atoms with Crippen molar-refractivity contribution in [3.8, 4) is 5.75 Å². The zero-order valence-corrected chi connectivity index (χ0v) is 17.2. The number of benzene rings is 2. The number of halogens is 1. The van der Waals surface area contributed by atoms with Crippen molar-refractivity contribution in [1.82, 2.24) is 0 Å². The predicted molar refractivity (Wildman–Crippen MR) is 111 cm³/mol. The highest BCUT2D eigenvalue weighted by Crippen LogP contribution is 2.24. The number of amides is 1. The third-order valence-electron chi connectivity index (χ3n) is 4.34. The van der Waals surface area contributed by atoms with Gasteiger partial charge in [0.05, 0.1) is 12.2 Å². The number of hydrogen-bond donors (Lipinski definition) is 2. The van der Waals surface area contributed by atoms with Crippen molar-refractivity contribution in [3.05, 3.63) is 58.6 Å². The molecule has 1 amide bonds. The lowest BCUT2D eigenvalue weighted by molar-refractivity contribution is -0.146. The summed E-state index contributed by atoms with van der Waals surface area (Å²) >= 11 is 5.78. The van der Waals surface area contributed by atoms with Gasteiger partial charge >= 0.3 is 5.97 Å². The summed E-state index contributed by atoms with van der Waals surface area (Å²) in [5.41, 5.74) is 0.726. The summed E-state index contributed by atoms with van der Waals surface area (Å²) in [6, 6.07) is 10.5. The summed E-state index contributed by atoms with van der Waals surface area (Å²) < 4.78 is 5.05. The lowest BCUT2D eigenvalue weighted by Crippen LogP contribution is -2.26. The average Bonchev–Trinajstić information content (AvgIpc) is 2.68. The number of carbonyl (C=O) groups excluding carboxylic acids is 3. The lowest BCUT2D eigenvalue weighted by Gasteiger charge is -2.15. The molecule has 0 fully saturated rings. The molecule has 0 radical (unpaired) electrons. The first-order chi connectivity index (χ1) is 13.9. The molecule has 2 rings (SSSR count). The van der Waals surface area contributed by atoms with Gasteiger partial charge in [-0.3, -0.25) is 14.4 Å². The normalized spacial score (nSPS) is 11.6. The first kappa shape index (κ1) is 22.4. The van der Waals surface area contributed by atoms with E-state index in [2.05, 4.69) is 5.32 Å². The number of ether oxygens (including phenoxy) is 1. The van der Waals surface area contributed by atoms with E-state index in [0.717, 1.165) is 12.8 Å². The van der Waals surface area contributed by atoms with E-state index in [1.54, 1.807) is 25.1 Å². The number of rotatable bonds is 9. The van der Waals surface area contributed by atoms with Gasteiger partial charge in [-0.25, -0.2) is 0 Å². The van der Waals surface area contributed by atoms with Gasteiger partial charge in [0.2, 0.25) is 0 Å². The van der Waals surface area contributed by atoms with E-state index in [9.17, 15) is 19.5 Å². The molecule has 0 aliphatic carbocycles. The van der Waals surface area contributed by atoms with E-state index in [1.165, 1.54) is 24.3 Å². The summed E-state index contributed by atoms with van der Waals surface area (Å²) in [6.45, 7) is 3.88. The number of ketones is 1. The fourth-order valence-corrected chi connectivity index (χ4v) is 3.02. The Labute approximate surface area is 174 Å². The number of phenols is 1. The van der Waals surface area contributed by atoms with Gasteiger partial charge in [-0.1, -0.05) is 43.5 Å². The lowest BCUT2D eigenvalue weighted by atomic mass is 9.92. The number of aromatic hydroxyl groups is 1. The van der Waals surface area contributed by atoms with Crippen LogP contribution in [0.5, 0.6) is 5.75 Å². The Hall–Kier alpha value is -2.86. The fraction of sp³-hybridized carbons (Fsp3) is 0.318. The quantitative estimate of drug-likeness (QED) is 0.345. The summed E-state index contributed by atoms with van der Waals surface area (Å²) in [6.07, 6.45) is 1.98. The van der Waals surface area contributed by atoms with E-state index < -0.39 is 17.8 Å². The zero-order valence-electron chi connectivity index (χ0n) is 16.4. The van der Waals surface area contributed by atoms with Gasteiger partial charge in [0, 0.05) is 16.3 Å². The smallest absolute Gasteiger partial charge is 0.316 e. The Morgan fingerprint density at radius 3 is 2.55 bits per heavy atom. The SMILES string of the molecule is CCCCC(C(=O)OCC)C(=O)c1cccc(NC(=O)c2ccc(Cl)cc2O)c1. The number of phenolic OH excluding ortho intramolecular Hbond substituents is 1. The summed E-state index contributed by atoms with van der Waals surface area (Å²) in [4.78, 5) is 37.5. The minimum atomic E-state index is -0.874. The molecule has 0 heterocycles. The number of anilines is 1. The van der Waals surface area contributed by atoms with Gasteiger partial charge in [0.25, 0.3) is 5.91 Å². The molecule has 0 saturated heterocycles. The maximum atomic E-state index is 12.9. The van der Waals surface area contributed by atoms with E-state index >= 15 is 0 Å². The third-order valence-corrected chi connectivity index (χ3v) is 4.58. The summed E-state index contributed by atoms with van der Waals surface area (Å²) in [7, 11) is 0. The number of hydrogen-bond acceptors (Lipinski definition) is 5. The van der Waals surface area contributed by atoms with E-state index in [0.29, 0.717) is 22.7 Å². The summed E-state index contributed by atoms with van der Waals surface area (Å²) in [5, 5.41) is 12.8. The number of unbranched alkanes of at least 4 members (excludes halogenated alkanes) is 1. The second kappa shape index (κ2) is 10.6. The molecule has 29 heavy (non-hydrogen) atoms. The fourth-order valence-electron chi connectivity index (χ4n) is 2.85. The van der Waals surface area contributed by atoms with Crippen LogP contribution < -0.4 is 5.32 Å². The molecule has 1 atom stereocenters. The highest BCUT2D eigenvalue weighted by molar-refractivity contribution is 6.31. The Balaban J connectivity index is 2.21. The van der Waals surface area contributed by atoms with Crippen LogP contribution in [0, 0.1) is 5.92 Å². The number of nitrogens with one attached hydrogen (secondary N) is 1. The van der Waals surface area contributed by atoms with Crippen LogP contribution in [-0.4, -0.2) is 29.4 Å². The molecule has 1 unspecified atom stereocenters. The topological polar surface area (TPSA) is 92.7 Å². The Morgan fingerprint density at radius 2 is 1.90 bits per heavy atom. The molecule has 6 nitrogen and oxygen atoms in total. The van der Waals surface area contributed by atoms with Crippen molar-refractivity contribution in [3.63, 3.8) is 0 Å². The van der Waals surface area contributed by atoms with Gasteiger partial charge in [-0.2, -0.15) is 0 Å². The van der Waals surface area contributed by atoms with Gasteiger partial charge in [0.1, 0.15) is 11.7 Å². The van der Waals surface area contributed by atoms with Crippen molar-refractivity contribution in [2.75, 3.05) is 11.9 Å². The highest BCUT2D eigenvalue weighted by Gasteiger charge is 2.28. The van der Waals surface area contributed by atoms with Crippen LogP contribution in [0.15, 0.2) is 42.5 Å². The number of carbonyl (C=O) groups is 3. The van der Waals surface area contributed by atoms with E-state index in [4.69, 9.17) is 16.3 Å². The van der Waals surface area contributed by atoms with Crippen LogP contribution in [0.25, 0.3) is 0 Å². The molecule has 0 bridgehead atoms. The molecule has 0 aliphatic heterocycles. The Kier molecular flexibility index (Phi) is 8.21. The maximum absolute atomic E-state index is 12.9. The molecule has 2 N–H and O–H groups in total. The molecule has 0 aromatic heterocycles. The molecular weight excluding hydrogens is 394 g/mol. The molecule has 2 aromatic rings. The predicted octanol–water partition coefficient (Wildman–Crippen LogP) is 4.85. The van der Waals surface area contributed by atoms with Crippen LogP contribution in [0.3, 0.4) is 0 Å². The average molecular weight is 418 g/mol. The Morgan fingerprint density at radius 1 is 1.14 bits per heavy atom. The largest absolute Gasteiger partial charge is 0.507 e. The van der Waals surface area contributed by atoms with Crippen molar-refractivity contribution >= 4 is 34.9 Å². The van der Waals surface area contributed by atoms with Gasteiger partial charge in [0.15, 0.2) is 5.78 Å². The number of esters is 1. The molecule has 154 valence electrons. The standard InChI is InChI=1S/C22H24ClNO5/c1-3-5-9-18(22(28)29-4-2)20(26)14-7-6-8-16(12-14)24-21(27)17-11-10-15(23)13-19(17)25/h6-8,10-13,18,25H,3-5,9H2,1-2H3,(H,24,27). The zero-order chi connectivity index (χ0) is 21.4. The van der Waals surface area contributed by atoms with Gasteiger partial charge in [-0.15, -0.1) is 0 Å². The molecule has 7 heteroatoms. The molecule has 0 aliphatic rings. The van der Waals surface area contributed by atoms with Crippen molar-refractivity contribution in [2.24, 2.45) is 5.92 Å². The first-order valence-electron chi connectivity index (χ1n) is 9.48. The minimum Gasteiger partial charge on any atom is -0.507 e. The van der Waals surface area contributed by atoms with Crippen LogP contribution in [-0.2, 0) is 9.53 Å².